The summed E-state index contributed by atoms with van der Waals surface area (Å²) in [5.74, 6) is 1.44. The van der Waals surface area contributed by atoms with E-state index in [1.807, 2.05) is 18.2 Å². The lowest BCUT2D eigenvalue weighted by molar-refractivity contribution is -0.132. The summed E-state index contributed by atoms with van der Waals surface area (Å²) in [6.45, 7) is 2.72. The number of nitrogens with one attached hydrogen (secondary N) is 1. The Hall–Kier alpha value is -1.79. The van der Waals surface area contributed by atoms with Crippen LogP contribution in [0.2, 0.25) is 5.02 Å². The van der Waals surface area contributed by atoms with Crippen LogP contribution in [0, 0.1) is 5.92 Å². The molecule has 1 aliphatic carbocycles. The van der Waals surface area contributed by atoms with Crippen LogP contribution in [0.1, 0.15) is 56.9 Å². The molecule has 3 amide bonds. The number of carbonyl (C=O) groups is 2. The molecule has 4 rings (SSSR count). The van der Waals surface area contributed by atoms with Gasteiger partial charge in [-0.05, 0) is 74.9 Å². The van der Waals surface area contributed by atoms with Gasteiger partial charge in [-0.1, -0.05) is 30.9 Å². The van der Waals surface area contributed by atoms with Crippen molar-refractivity contribution in [1.29, 1.82) is 0 Å². The first-order chi connectivity index (χ1) is 15.0. The van der Waals surface area contributed by atoms with Crippen LogP contribution in [-0.2, 0) is 11.2 Å². The van der Waals surface area contributed by atoms with E-state index in [-0.39, 0.29) is 24.0 Å². The number of carbonyl (C=O) groups excluding carboxylic acids is 2. The van der Waals surface area contributed by atoms with Crippen LogP contribution in [0.3, 0.4) is 0 Å². The zero-order valence-electron chi connectivity index (χ0n) is 18.4. The molecule has 2 aliphatic heterocycles. The molecule has 0 bridgehead atoms. The van der Waals surface area contributed by atoms with Crippen LogP contribution in [-0.4, -0.2) is 60.6 Å². The zero-order chi connectivity index (χ0) is 21.8. The largest absolute Gasteiger partial charge is 0.497 e. The van der Waals surface area contributed by atoms with Crippen LogP contribution >= 0.6 is 11.6 Å². The minimum absolute atomic E-state index is 0.00297. The Morgan fingerprint density at radius 2 is 1.84 bits per heavy atom. The van der Waals surface area contributed by atoms with Crippen LogP contribution in [0.25, 0.3) is 0 Å². The number of nitrogens with zero attached hydrogens (tertiary/aromatic N) is 2. The van der Waals surface area contributed by atoms with Gasteiger partial charge in [0.1, 0.15) is 5.75 Å². The maximum absolute atomic E-state index is 12.7. The number of benzene rings is 1. The van der Waals surface area contributed by atoms with E-state index in [9.17, 15) is 9.59 Å². The van der Waals surface area contributed by atoms with Crippen LogP contribution in [0.5, 0.6) is 5.75 Å². The van der Waals surface area contributed by atoms with Crippen LogP contribution < -0.4 is 10.1 Å². The maximum atomic E-state index is 12.7. The summed E-state index contributed by atoms with van der Waals surface area (Å²) >= 11 is 6.38. The highest BCUT2D eigenvalue weighted by atomic mass is 35.5. The Morgan fingerprint density at radius 1 is 1.10 bits per heavy atom. The predicted molar refractivity (Wildman–Crippen MR) is 122 cm³/mol. The highest BCUT2D eigenvalue weighted by Crippen LogP contribution is 2.29. The van der Waals surface area contributed by atoms with Gasteiger partial charge in [-0.3, -0.25) is 9.69 Å². The highest BCUT2D eigenvalue weighted by Gasteiger charge is 2.37. The summed E-state index contributed by atoms with van der Waals surface area (Å²) in [4.78, 5) is 29.3. The molecular weight excluding hydrogens is 414 g/mol. The van der Waals surface area contributed by atoms with Crippen molar-refractivity contribution in [3.05, 3.63) is 28.8 Å². The monoisotopic (exact) mass is 447 g/mol. The summed E-state index contributed by atoms with van der Waals surface area (Å²) in [6, 6.07) is 5.67. The van der Waals surface area contributed by atoms with Gasteiger partial charge < -0.3 is 15.0 Å². The van der Waals surface area contributed by atoms with Gasteiger partial charge in [0.05, 0.1) is 13.2 Å². The number of ether oxygens (including phenoxy) is 1. The lowest BCUT2D eigenvalue weighted by Crippen LogP contribution is -2.60. The second-order valence-electron chi connectivity index (χ2n) is 9.31. The summed E-state index contributed by atoms with van der Waals surface area (Å²) in [5.41, 5.74) is 1.15. The molecule has 3 aliphatic rings. The minimum atomic E-state index is -0.185. The fourth-order valence-corrected chi connectivity index (χ4v) is 5.56. The first kappa shape index (κ1) is 22.4. The summed E-state index contributed by atoms with van der Waals surface area (Å²) in [7, 11) is 1.68. The van der Waals surface area contributed by atoms with E-state index >= 15 is 0 Å². The summed E-state index contributed by atoms with van der Waals surface area (Å²) in [5, 5.41) is 3.91. The molecule has 1 aromatic rings. The van der Waals surface area contributed by atoms with Gasteiger partial charge in [0.2, 0.25) is 5.91 Å². The fraction of sp³-hybridized carbons (Fsp3) is 0.667. The lowest BCUT2D eigenvalue weighted by atomic mass is 9.89. The van der Waals surface area contributed by atoms with Crippen LogP contribution in [0.15, 0.2) is 18.2 Å². The molecule has 3 fully saturated rings. The molecule has 0 radical (unpaired) electrons. The second kappa shape index (κ2) is 10.2. The third kappa shape index (κ3) is 5.53. The quantitative estimate of drug-likeness (QED) is 0.708. The van der Waals surface area contributed by atoms with Crippen molar-refractivity contribution in [1.82, 2.24) is 15.1 Å². The zero-order valence-corrected chi connectivity index (χ0v) is 19.2. The van der Waals surface area contributed by atoms with E-state index in [4.69, 9.17) is 16.3 Å². The summed E-state index contributed by atoms with van der Waals surface area (Å²) < 4.78 is 5.33. The van der Waals surface area contributed by atoms with Crippen molar-refractivity contribution in [3.63, 3.8) is 0 Å². The number of rotatable bonds is 6. The lowest BCUT2D eigenvalue weighted by Gasteiger charge is -2.40. The van der Waals surface area contributed by atoms with Crippen LogP contribution in [0.4, 0.5) is 4.79 Å². The van der Waals surface area contributed by atoms with E-state index in [0.29, 0.717) is 12.3 Å². The van der Waals surface area contributed by atoms with Gasteiger partial charge in [-0.2, -0.15) is 0 Å². The molecule has 1 N–H and O–H groups in total. The summed E-state index contributed by atoms with van der Waals surface area (Å²) in [6.07, 6.45) is 8.90. The molecule has 1 aromatic carbocycles. The van der Waals surface area contributed by atoms with Gasteiger partial charge in [0.25, 0.3) is 0 Å². The number of methoxy groups -OCH3 is 1. The molecule has 7 heteroatoms. The number of halogens is 1. The number of imide groups is 1. The topological polar surface area (TPSA) is 61.9 Å². The third-order valence-electron chi connectivity index (χ3n) is 7.12. The van der Waals surface area contributed by atoms with E-state index in [1.54, 1.807) is 7.11 Å². The Labute approximate surface area is 190 Å². The van der Waals surface area contributed by atoms with Gasteiger partial charge in [-0.15, -0.1) is 0 Å². The molecule has 1 unspecified atom stereocenters. The molecule has 31 heavy (non-hydrogen) atoms. The average Bonchev–Trinajstić information content (AvgIpc) is 2.77. The van der Waals surface area contributed by atoms with Crippen molar-refractivity contribution in [2.75, 3.05) is 26.7 Å². The van der Waals surface area contributed by atoms with Crippen molar-refractivity contribution in [2.24, 2.45) is 5.92 Å². The number of piperidine rings is 1. The Bertz CT molecular complexity index is 770. The molecule has 1 saturated carbocycles. The van der Waals surface area contributed by atoms with Gasteiger partial charge >= 0.3 is 6.03 Å². The predicted octanol–water partition coefficient (Wildman–Crippen LogP) is 4.25. The van der Waals surface area contributed by atoms with Crippen molar-refractivity contribution < 1.29 is 14.3 Å². The number of amides is 3. The first-order valence-corrected chi connectivity index (χ1v) is 12.1. The van der Waals surface area contributed by atoms with E-state index in [0.717, 1.165) is 80.9 Å². The van der Waals surface area contributed by atoms with Gasteiger partial charge in [0.15, 0.2) is 0 Å². The third-order valence-corrected chi connectivity index (χ3v) is 7.49. The smallest absolute Gasteiger partial charge is 0.324 e. The van der Waals surface area contributed by atoms with E-state index < -0.39 is 0 Å². The highest BCUT2D eigenvalue weighted by molar-refractivity contribution is 6.31. The van der Waals surface area contributed by atoms with Crippen molar-refractivity contribution in [2.45, 2.75) is 69.9 Å². The van der Waals surface area contributed by atoms with Crippen molar-refractivity contribution >= 4 is 23.5 Å². The van der Waals surface area contributed by atoms with Gasteiger partial charge in [-0.25, -0.2) is 4.79 Å². The fourth-order valence-electron chi connectivity index (χ4n) is 5.37. The standard InChI is InChI=1S/C24H34ClN3O3/c1-31-21-7-8-22(25)18(14-21)13-17-9-11-27(12-10-17)16-19-15-23(29)28(24(30)26-19)20-5-3-2-4-6-20/h7-8,14,17,19-20H,2-6,9-13,15-16H2,1H3,(H,26,30). The molecule has 170 valence electrons. The van der Waals surface area contributed by atoms with E-state index in [1.165, 1.54) is 11.3 Å². The maximum Gasteiger partial charge on any atom is 0.324 e. The SMILES string of the molecule is COc1ccc(Cl)c(CC2CCN(CC3CC(=O)N(C4CCCCC4)C(=O)N3)CC2)c1. The Kier molecular flexibility index (Phi) is 7.39. The molecule has 2 saturated heterocycles. The Morgan fingerprint density at radius 3 is 2.52 bits per heavy atom. The van der Waals surface area contributed by atoms with E-state index in [2.05, 4.69) is 10.2 Å². The molecule has 2 heterocycles. The second-order valence-corrected chi connectivity index (χ2v) is 9.72. The molecule has 1 atom stereocenters. The molecule has 0 spiro atoms. The molecule has 0 aromatic heterocycles. The Balaban J connectivity index is 1.25. The first-order valence-electron chi connectivity index (χ1n) is 11.7. The number of hydrogen-bond acceptors (Lipinski definition) is 4. The minimum Gasteiger partial charge on any atom is -0.497 e. The number of hydrogen-bond donors (Lipinski definition) is 1. The molecular formula is C24H34ClN3O3. The number of urea groups is 1. The van der Waals surface area contributed by atoms with Gasteiger partial charge in [0, 0.05) is 24.0 Å². The number of likely N-dealkylation sites (tertiary alicyclic amines) is 1. The van der Waals surface area contributed by atoms with Crippen molar-refractivity contribution in [3.8, 4) is 5.75 Å². The average molecular weight is 448 g/mol. The molecule has 6 nitrogen and oxygen atoms in total. The normalized spacial score (nSPS) is 24.3.